The third-order valence-electron chi connectivity index (χ3n) is 18.1. The van der Waals surface area contributed by atoms with E-state index in [1.165, 1.54) is 372 Å². The molecule has 0 aromatic rings. The van der Waals surface area contributed by atoms with Gasteiger partial charge >= 0.3 is 5.97 Å². The molecule has 1 amide bonds. The van der Waals surface area contributed by atoms with Crippen LogP contribution in [0.4, 0.5) is 0 Å². The van der Waals surface area contributed by atoms with Gasteiger partial charge in [-0.05, 0) is 32.1 Å². The minimum absolute atomic E-state index is 0.0229. The number of allylic oxidation sites excluding steroid dienone is 1. The highest BCUT2D eigenvalue weighted by molar-refractivity contribution is 5.76. The van der Waals surface area contributed by atoms with Crippen molar-refractivity contribution in [2.75, 3.05) is 13.2 Å². The summed E-state index contributed by atoms with van der Waals surface area (Å²) in [5.41, 5.74) is 0. The van der Waals surface area contributed by atoms with Crippen LogP contribution in [0.5, 0.6) is 0 Å². The van der Waals surface area contributed by atoms with Crippen LogP contribution in [0.15, 0.2) is 12.2 Å². The average molecular weight is 1160 g/mol. The van der Waals surface area contributed by atoms with E-state index in [0.29, 0.717) is 19.4 Å². The standard InChI is InChI=1S/C76H149NO5/c1-3-5-7-9-11-13-15-17-19-21-22-30-33-37-40-44-48-52-56-60-64-68-74(79)73(72-78)77-75(80)69-65-61-57-53-49-45-41-38-34-31-28-26-24-23-25-27-29-32-35-39-43-47-51-55-59-63-67-71-82-76(81)70-66-62-58-54-50-46-42-36-20-18-16-14-12-10-8-6-4-2/h64,68,73-74,78-79H,3-63,65-67,69-72H2,1-2H3,(H,77,80)/b68-64+. The largest absolute Gasteiger partial charge is 0.466 e. The first kappa shape index (κ1) is 80.6. The highest BCUT2D eigenvalue weighted by Gasteiger charge is 2.18. The summed E-state index contributed by atoms with van der Waals surface area (Å²) < 4.78 is 5.51. The molecule has 0 radical (unpaired) electrons. The first-order valence-electron chi connectivity index (χ1n) is 38.0. The third kappa shape index (κ3) is 67.7. The van der Waals surface area contributed by atoms with E-state index in [1.807, 2.05) is 6.08 Å². The van der Waals surface area contributed by atoms with Crippen LogP contribution in [0.25, 0.3) is 0 Å². The summed E-state index contributed by atoms with van der Waals surface area (Å²) in [6.45, 7) is 4.96. The molecule has 0 aliphatic rings. The van der Waals surface area contributed by atoms with Gasteiger partial charge in [0.1, 0.15) is 0 Å². The zero-order valence-electron chi connectivity index (χ0n) is 56.0. The Balaban J connectivity index is 3.35. The molecule has 0 aromatic carbocycles. The maximum Gasteiger partial charge on any atom is 0.305 e. The van der Waals surface area contributed by atoms with Gasteiger partial charge in [-0.3, -0.25) is 9.59 Å². The smallest absolute Gasteiger partial charge is 0.305 e. The minimum Gasteiger partial charge on any atom is -0.466 e. The maximum atomic E-state index is 12.5. The van der Waals surface area contributed by atoms with Gasteiger partial charge in [-0.25, -0.2) is 0 Å². The number of nitrogens with one attached hydrogen (secondary N) is 1. The Hall–Kier alpha value is -1.40. The predicted octanol–water partition coefficient (Wildman–Crippen LogP) is 24.7. The second kappa shape index (κ2) is 72.1. The molecule has 0 heterocycles. The van der Waals surface area contributed by atoms with Gasteiger partial charge in [0.05, 0.1) is 25.4 Å². The van der Waals surface area contributed by atoms with Gasteiger partial charge in [0.15, 0.2) is 0 Å². The summed E-state index contributed by atoms with van der Waals surface area (Å²) in [6, 6.07) is -0.626. The predicted molar refractivity (Wildman–Crippen MR) is 361 cm³/mol. The summed E-state index contributed by atoms with van der Waals surface area (Å²) >= 11 is 0. The molecule has 2 unspecified atom stereocenters. The van der Waals surface area contributed by atoms with Crippen molar-refractivity contribution in [2.24, 2.45) is 0 Å². The van der Waals surface area contributed by atoms with Crippen LogP contribution >= 0.6 is 0 Å². The Bertz CT molecular complexity index is 1240. The van der Waals surface area contributed by atoms with Crippen molar-refractivity contribution in [2.45, 2.75) is 450 Å². The van der Waals surface area contributed by atoms with Gasteiger partial charge in [-0.2, -0.15) is 0 Å². The van der Waals surface area contributed by atoms with E-state index in [9.17, 15) is 19.8 Å². The first-order chi connectivity index (χ1) is 40.5. The molecule has 0 rings (SSSR count). The van der Waals surface area contributed by atoms with Gasteiger partial charge in [0, 0.05) is 12.8 Å². The Morgan fingerprint density at radius 2 is 0.561 bits per heavy atom. The Kier molecular flexibility index (Phi) is 70.8. The van der Waals surface area contributed by atoms with Crippen molar-refractivity contribution in [3.8, 4) is 0 Å². The third-order valence-corrected chi connectivity index (χ3v) is 18.1. The second-order valence-electron chi connectivity index (χ2n) is 26.4. The summed E-state index contributed by atoms with van der Waals surface area (Å²) in [6.07, 6.45) is 90.3. The Morgan fingerprint density at radius 1 is 0.329 bits per heavy atom. The van der Waals surface area contributed by atoms with Crippen molar-refractivity contribution in [3.05, 3.63) is 12.2 Å². The molecular formula is C76H149NO5. The molecule has 0 spiro atoms. The van der Waals surface area contributed by atoms with E-state index in [4.69, 9.17) is 4.74 Å². The highest BCUT2D eigenvalue weighted by atomic mass is 16.5. The number of hydrogen-bond acceptors (Lipinski definition) is 5. The van der Waals surface area contributed by atoms with Crippen molar-refractivity contribution >= 4 is 11.9 Å². The zero-order chi connectivity index (χ0) is 59.2. The molecule has 82 heavy (non-hydrogen) atoms. The summed E-state index contributed by atoms with van der Waals surface area (Å²) in [4.78, 5) is 24.6. The highest BCUT2D eigenvalue weighted by Crippen LogP contribution is 2.20. The van der Waals surface area contributed by atoms with Gasteiger partial charge < -0.3 is 20.3 Å². The summed E-state index contributed by atoms with van der Waals surface area (Å²) in [7, 11) is 0. The number of hydrogen-bond donors (Lipinski definition) is 3. The van der Waals surface area contributed by atoms with E-state index < -0.39 is 12.1 Å². The Labute approximate surface area is 514 Å². The van der Waals surface area contributed by atoms with Crippen LogP contribution in [0.2, 0.25) is 0 Å². The van der Waals surface area contributed by atoms with Gasteiger partial charge in [-0.1, -0.05) is 405 Å². The normalized spacial score (nSPS) is 12.5. The molecular weight excluding hydrogens is 1010 g/mol. The number of ether oxygens (including phenoxy) is 1. The molecule has 0 bridgehead atoms. The number of unbranched alkanes of at least 4 members (excludes halogenated alkanes) is 61. The SMILES string of the molecule is CCCCCCCCCCCCCCCCCCCCC/C=C/C(O)C(CO)NC(=O)CCCCCCCCCCCCCCCCCCCCCCCCCCCCCOC(=O)CCCCCCCCCCCCCCCCCCC. The zero-order valence-corrected chi connectivity index (χ0v) is 56.0. The summed E-state index contributed by atoms with van der Waals surface area (Å²) in [5, 5.41) is 23.3. The topological polar surface area (TPSA) is 95.9 Å². The van der Waals surface area contributed by atoms with E-state index in [1.54, 1.807) is 6.08 Å². The first-order valence-corrected chi connectivity index (χ1v) is 38.0. The molecule has 2 atom stereocenters. The molecule has 0 saturated heterocycles. The molecule has 0 aromatic heterocycles. The molecule has 0 aliphatic carbocycles. The van der Waals surface area contributed by atoms with Crippen LogP contribution in [-0.4, -0.2) is 47.4 Å². The number of aliphatic hydroxyl groups is 2. The molecule has 488 valence electrons. The van der Waals surface area contributed by atoms with Crippen LogP contribution in [0.1, 0.15) is 438 Å². The molecule has 0 fully saturated rings. The average Bonchev–Trinajstić information content (AvgIpc) is 3.48. The van der Waals surface area contributed by atoms with Crippen molar-refractivity contribution in [1.29, 1.82) is 0 Å². The maximum absolute atomic E-state index is 12.5. The molecule has 6 nitrogen and oxygen atoms in total. The van der Waals surface area contributed by atoms with Gasteiger partial charge in [-0.15, -0.1) is 0 Å². The number of carbonyl (C=O) groups excluding carboxylic acids is 2. The van der Waals surface area contributed by atoms with Crippen LogP contribution in [-0.2, 0) is 14.3 Å². The number of aliphatic hydroxyl groups excluding tert-OH is 2. The lowest BCUT2D eigenvalue weighted by Gasteiger charge is -2.20. The van der Waals surface area contributed by atoms with Crippen LogP contribution in [0.3, 0.4) is 0 Å². The fourth-order valence-electron chi connectivity index (χ4n) is 12.3. The van der Waals surface area contributed by atoms with Gasteiger partial charge in [0.25, 0.3) is 0 Å². The van der Waals surface area contributed by atoms with Crippen LogP contribution in [0, 0.1) is 0 Å². The lowest BCUT2D eigenvalue weighted by molar-refractivity contribution is -0.143. The number of rotatable bonds is 72. The Morgan fingerprint density at radius 3 is 0.829 bits per heavy atom. The number of amides is 1. The van der Waals surface area contributed by atoms with Crippen molar-refractivity contribution in [1.82, 2.24) is 5.32 Å². The molecule has 0 saturated carbocycles. The lowest BCUT2D eigenvalue weighted by Crippen LogP contribution is -2.45. The number of carbonyl (C=O) groups is 2. The van der Waals surface area contributed by atoms with E-state index in [0.717, 1.165) is 38.5 Å². The number of esters is 1. The fraction of sp³-hybridized carbons (Fsp3) is 0.947. The van der Waals surface area contributed by atoms with E-state index in [2.05, 4.69) is 19.2 Å². The minimum atomic E-state index is -0.843. The van der Waals surface area contributed by atoms with Crippen LogP contribution < -0.4 is 5.32 Å². The van der Waals surface area contributed by atoms with Gasteiger partial charge in [0.2, 0.25) is 5.91 Å². The molecule has 0 aliphatic heterocycles. The van der Waals surface area contributed by atoms with Crippen molar-refractivity contribution in [3.63, 3.8) is 0 Å². The van der Waals surface area contributed by atoms with E-state index in [-0.39, 0.29) is 18.5 Å². The van der Waals surface area contributed by atoms with Crippen molar-refractivity contribution < 1.29 is 24.5 Å². The fourth-order valence-corrected chi connectivity index (χ4v) is 12.3. The molecule has 3 N–H and O–H groups in total. The molecule has 6 heteroatoms. The monoisotopic (exact) mass is 1160 g/mol. The quantitative estimate of drug-likeness (QED) is 0.0320. The lowest BCUT2D eigenvalue weighted by atomic mass is 10.0. The summed E-state index contributed by atoms with van der Waals surface area (Å²) in [5.74, 6) is -0.0373. The van der Waals surface area contributed by atoms with E-state index >= 15 is 0 Å². The second-order valence-corrected chi connectivity index (χ2v) is 26.4.